The number of halogens is 1. The largest absolute Gasteiger partial charge is 0.496 e. The van der Waals surface area contributed by atoms with Gasteiger partial charge in [-0.2, -0.15) is 0 Å². The fraction of sp³-hybridized carbons (Fsp3) is 0.0714. The maximum absolute atomic E-state index is 11.9. The van der Waals surface area contributed by atoms with Crippen LogP contribution in [-0.4, -0.2) is 13.1 Å². The van der Waals surface area contributed by atoms with E-state index in [1.807, 2.05) is 0 Å². The maximum Gasteiger partial charge on any atom is 0.347 e. The van der Waals surface area contributed by atoms with Crippen LogP contribution in [0.3, 0.4) is 0 Å². The van der Waals surface area contributed by atoms with Gasteiger partial charge in [0.05, 0.1) is 7.11 Å². The number of carbonyl (C=O) groups is 1. The Morgan fingerprint density at radius 1 is 1.06 bits per heavy atom. The zero-order valence-corrected chi connectivity index (χ0v) is 10.5. The number of benzene rings is 2. The summed E-state index contributed by atoms with van der Waals surface area (Å²) >= 11 is 5.75. The molecule has 0 fully saturated rings. The molecule has 0 unspecified atom stereocenters. The molecule has 0 aliphatic heterocycles. The van der Waals surface area contributed by atoms with Gasteiger partial charge in [-0.15, -0.1) is 0 Å². The summed E-state index contributed by atoms with van der Waals surface area (Å²) in [6.45, 7) is 0. The van der Waals surface area contributed by atoms with E-state index in [0.717, 1.165) is 0 Å². The van der Waals surface area contributed by atoms with Crippen LogP contribution in [0.5, 0.6) is 11.5 Å². The summed E-state index contributed by atoms with van der Waals surface area (Å²) in [5.41, 5.74) is 0.384. The molecule has 2 aromatic rings. The summed E-state index contributed by atoms with van der Waals surface area (Å²) in [6, 6.07) is 13.5. The fourth-order valence-electron chi connectivity index (χ4n) is 1.48. The van der Waals surface area contributed by atoms with Crippen LogP contribution in [0.4, 0.5) is 0 Å². The van der Waals surface area contributed by atoms with Gasteiger partial charge in [-0.05, 0) is 36.4 Å². The van der Waals surface area contributed by atoms with Gasteiger partial charge in [-0.1, -0.05) is 23.7 Å². The average Bonchev–Trinajstić information content (AvgIpc) is 2.41. The normalized spacial score (nSPS) is 9.89. The van der Waals surface area contributed by atoms with Gasteiger partial charge in [0.15, 0.2) is 0 Å². The van der Waals surface area contributed by atoms with Crippen LogP contribution in [0.15, 0.2) is 48.5 Å². The van der Waals surface area contributed by atoms with Gasteiger partial charge in [0.1, 0.15) is 17.1 Å². The smallest absolute Gasteiger partial charge is 0.347 e. The molecule has 0 N–H and O–H groups in total. The van der Waals surface area contributed by atoms with Crippen molar-refractivity contribution in [2.45, 2.75) is 0 Å². The minimum absolute atomic E-state index is 0.384. The number of esters is 1. The lowest BCUT2D eigenvalue weighted by molar-refractivity contribution is 0.0731. The van der Waals surface area contributed by atoms with Crippen molar-refractivity contribution in [3.05, 3.63) is 59.1 Å². The van der Waals surface area contributed by atoms with Gasteiger partial charge in [-0.25, -0.2) is 4.79 Å². The second kappa shape index (κ2) is 5.56. The Bertz CT molecular complexity index is 549. The molecule has 2 rings (SSSR count). The van der Waals surface area contributed by atoms with E-state index in [2.05, 4.69) is 0 Å². The second-order valence-electron chi connectivity index (χ2n) is 3.54. The molecule has 0 aliphatic carbocycles. The molecule has 0 radical (unpaired) electrons. The molecule has 18 heavy (non-hydrogen) atoms. The predicted octanol–water partition coefficient (Wildman–Crippen LogP) is 3.57. The first-order chi connectivity index (χ1) is 8.70. The van der Waals surface area contributed by atoms with Crippen molar-refractivity contribution in [2.75, 3.05) is 7.11 Å². The lowest BCUT2D eigenvalue weighted by atomic mass is 10.2. The van der Waals surface area contributed by atoms with E-state index in [9.17, 15) is 4.79 Å². The number of rotatable bonds is 3. The molecule has 0 atom stereocenters. The molecule has 0 aromatic heterocycles. The van der Waals surface area contributed by atoms with Gasteiger partial charge in [0, 0.05) is 5.02 Å². The van der Waals surface area contributed by atoms with E-state index in [4.69, 9.17) is 21.1 Å². The van der Waals surface area contributed by atoms with E-state index in [-0.39, 0.29) is 0 Å². The number of ether oxygens (including phenoxy) is 2. The Kier molecular flexibility index (Phi) is 3.85. The molecule has 0 amide bonds. The van der Waals surface area contributed by atoms with Crippen molar-refractivity contribution in [1.29, 1.82) is 0 Å². The second-order valence-corrected chi connectivity index (χ2v) is 3.98. The highest BCUT2D eigenvalue weighted by Crippen LogP contribution is 2.21. The monoisotopic (exact) mass is 262 g/mol. The summed E-state index contributed by atoms with van der Waals surface area (Å²) in [7, 11) is 1.51. The third kappa shape index (κ3) is 2.81. The van der Waals surface area contributed by atoms with E-state index in [1.54, 1.807) is 48.5 Å². The molecule has 0 heterocycles. The van der Waals surface area contributed by atoms with Gasteiger partial charge in [0.2, 0.25) is 0 Å². The van der Waals surface area contributed by atoms with Gasteiger partial charge >= 0.3 is 5.97 Å². The van der Waals surface area contributed by atoms with E-state index < -0.39 is 5.97 Å². The standard InChI is InChI=1S/C14H11ClO3/c1-17-13-5-3-2-4-12(13)14(16)18-11-8-6-10(15)7-9-11/h2-9H,1H3. The lowest BCUT2D eigenvalue weighted by Gasteiger charge is -2.08. The predicted molar refractivity (Wildman–Crippen MR) is 69.4 cm³/mol. The molecule has 2 aromatic carbocycles. The zero-order valence-electron chi connectivity index (χ0n) is 9.72. The van der Waals surface area contributed by atoms with Crippen LogP contribution < -0.4 is 9.47 Å². The summed E-state index contributed by atoms with van der Waals surface area (Å²) in [5, 5.41) is 0.590. The molecule has 0 bridgehead atoms. The Morgan fingerprint density at radius 3 is 2.39 bits per heavy atom. The molecule has 92 valence electrons. The van der Waals surface area contributed by atoms with Crippen LogP contribution in [0, 0.1) is 0 Å². The molecule has 3 nitrogen and oxygen atoms in total. The first kappa shape index (κ1) is 12.5. The minimum atomic E-state index is -0.463. The highest BCUT2D eigenvalue weighted by Gasteiger charge is 2.13. The molecule has 0 saturated carbocycles. The summed E-state index contributed by atoms with van der Waals surface area (Å²) in [4.78, 5) is 11.9. The van der Waals surface area contributed by atoms with E-state index >= 15 is 0 Å². The van der Waals surface area contributed by atoms with Crippen LogP contribution >= 0.6 is 11.6 Å². The average molecular weight is 263 g/mol. The fourth-order valence-corrected chi connectivity index (χ4v) is 1.60. The SMILES string of the molecule is COc1ccccc1C(=O)Oc1ccc(Cl)cc1. The quantitative estimate of drug-likeness (QED) is 0.627. The highest BCUT2D eigenvalue weighted by molar-refractivity contribution is 6.30. The first-order valence-electron chi connectivity index (χ1n) is 5.31. The Hall–Kier alpha value is -2.00. The van der Waals surface area contributed by atoms with Crippen molar-refractivity contribution < 1.29 is 14.3 Å². The number of para-hydroxylation sites is 1. The zero-order chi connectivity index (χ0) is 13.0. The minimum Gasteiger partial charge on any atom is -0.496 e. The van der Waals surface area contributed by atoms with Crippen molar-refractivity contribution >= 4 is 17.6 Å². The third-order valence-corrected chi connectivity index (χ3v) is 2.60. The van der Waals surface area contributed by atoms with Crippen molar-refractivity contribution in [3.8, 4) is 11.5 Å². The third-order valence-electron chi connectivity index (χ3n) is 2.35. The van der Waals surface area contributed by atoms with Crippen molar-refractivity contribution in [1.82, 2.24) is 0 Å². The lowest BCUT2D eigenvalue weighted by Crippen LogP contribution is -2.09. The highest BCUT2D eigenvalue weighted by atomic mass is 35.5. The van der Waals surface area contributed by atoms with Gasteiger partial charge in [-0.3, -0.25) is 0 Å². The first-order valence-corrected chi connectivity index (χ1v) is 5.69. The number of methoxy groups -OCH3 is 1. The Morgan fingerprint density at radius 2 is 1.72 bits per heavy atom. The maximum atomic E-state index is 11.9. The molecule has 0 saturated heterocycles. The molecular weight excluding hydrogens is 252 g/mol. The Labute approximate surface area is 110 Å². The summed E-state index contributed by atoms with van der Waals surface area (Å²) < 4.78 is 10.3. The number of hydrogen-bond donors (Lipinski definition) is 0. The van der Waals surface area contributed by atoms with Gasteiger partial charge in [0.25, 0.3) is 0 Å². The molecule has 0 aliphatic rings. The molecule has 0 spiro atoms. The van der Waals surface area contributed by atoms with Gasteiger partial charge < -0.3 is 9.47 Å². The molecule has 4 heteroatoms. The summed E-state index contributed by atoms with van der Waals surface area (Å²) in [6.07, 6.45) is 0. The van der Waals surface area contributed by atoms with E-state index in [1.165, 1.54) is 7.11 Å². The van der Waals surface area contributed by atoms with Crippen molar-refractivity contribution in [3.63, 3.8) is 0 Å². The number of hydrogen-bond acceptors (Lipinski definition) is 3. The van der Waals surface area contributed by atoms with Crippen LogP contribution in [0.2, 0.25) is 5.02 Å². The molecular formula is C14H11ClO3. The van der Waals surface area contributed by atoms with Crippen molar-refractivity contribution in [2.24, 2.45) is 0 Å². The summed E-state index contributed by atoms with van der Waals surface area (Å²) in [5.74, 6) is 0.460. The van der Waals surface area contributed by atoms with E-state index in [0.29, 0.717) is 22.1 Å². The van der Waals surface area contributed by atoms with Crippen LogP contribution in [-0.2, 0) is 0 Å². The van der Waals surface area contributed by atoms with Crippen LogP contribution in [0.25, 0.3) is 0 Å². The topological polar surface area (TPSA) is 35.5 Å². The Balaban J connectivity index is 2.19. The van der Waals surface area contributed by atoms with Crippen LogP contribution in [0.1, 0.15) is 10.4 Å². The number of carbonyl (C=O) groups excluding carboxylic acids is 1.